The minimum Gasteiger partial charge on any atom is -0.402 e. The third kappa shape index (κ3) is 502. The standard InChI is InChI=1S/BH3O3.4FH.7H3P/c2-1(3)4;;;;;;;;;;;/h2-4H;4*1H;7*1H3. The molecule has 0 aromatic heterocycles. The summed E-state index contributed by atoms with van der Waals surface area (Å²) in [5, 5.41) is 21.5. The van der Waals surface area contributed by atoms with Crippen LogP contribution in [0.3, 0.4) is 0 Å². The lowest BCUT2D eigenvalue weighted by molar-refractivity contribution is 0.278. The molecule has 0 aromatic carbocycles. The highest BCUT2D eigenvalue weighted by Gasteiger charge is 1.92. The first kappa shape index (κ1) is 153. The third-order valence-corrected chi connectivity index (χ3v) is 0. The van der Waals surface area contributed by atoms with Crippen LogP contribution in [0.2, 0.25) is 0 Å². The van der Waals surface area contributed by atoms with Crippen LogP contribution in [0, 0.1) is 0 Å². The van der Waals surface area contributed by atoms with Gasteiger partial charge in [0.2, 0.25) is 0 Å². The Kier molecular flexibility index (Phi) is 1290. The average molecular weight is 380 g/mol. The molecule has 0 aliphatic heterocycles. The zero-order valence-corrected chi connectivity index (χ0v) is 18.4. The van der Waals surface area contributed by atoms with Crippen LogP contribution in [-0.2, 0) is 0 Å². The zero-order chi connectivity index (χ0) is 3.58. The van der Waals surface area contributed by atoms with Gasteiger partial charge in [0, 0.05) is 0 Å². The van der Waals surface area contributed by atoms with Crippen LogP contribution in [0.5, 0.6) is 0 Å². The first-order valence-corrected chi connectivity index (χ1v) is 0.775. The van der Waals surface area contributed by atoms with Crippen molar-refractivity contribution < 1.29 is 33.9 Å². The first-order chi connectivity index (χ1) is 1.73. The summed E-state index contributed by atoms with van der Waals surface area (Å²) in [4.78, 5) is 0. The van der Waals surface area contributed by atoms with E-state index in [4.69, 9.17) is 15.1 Å². The van der Waals surface area contributed by atoms with Gasteiger partial charge >= 0.3 is 7.32 Å². The molecule has 0 aromatic rings. The maximum atomic E-state index is 7.17. The Morgan fingerprint density at radius 1 is 0.400 bits per heavy atom. The molecular weight excluding hydrogens is 352 g/mol. The molecule has 15 heteroatoms. The second kappa shape index (κ2) is 127. The lowest BCUT2D eigenvalue weighted by Gasteiger charge is -1.69. The summed E-state index contributed by atoms with van der Waals surface area (Å²) in [5.41, 5.74) is 0. The molecular formula is H28BF4O3P7. The van der Waals surface area contributed by atoms with Crippen LogP contribution in [0.4, 0.5) is 18.8 Å². The van der Waals surface area contributed by atoms with E-state index in [9.17, 15) is 0 Å². The quantitative estimate of drug-likeness (QED) is 0.286. The van der Waals surface area contributed by atoms with E-state index in [1.54, 1.807) is 0 Å². The largest absolute Gasteiger partial charge is 0.631 e. The second-order valence-electron chi connectivity index (χ2n) is 0.346. The maximum absolute atomic E-state index is 7.17. The van der Waals surface area contributed by atoms with E-state index >= 15 is 0 Å². The Bertz CT molecular complexity index is 31.0. The first-order valence-electron chi connectivity index (χ1n) is 0.775. The Labute approximate surface area is 111 Å². The summed E-state index contributed by atoms with van der Waals surface area (Å²) < 4.78 is 0. The molecule has 0 saturated heterocycles. The summed E-state index contributed by atoms with van der Waals surface area (Å²) in [7, 11) is -2.17. The van der Waals surface area contributed by atoms with E-state index < -0.39 is 7.32 Å². The summed E-state index contributed by atoms with van der Waals surface area (Å²) in [5.74, 6) is 0. The van der Waals surface area contributed by atoms with Gasteiger partial charge in [0.15, 0.2) is 0 Å². The smallest absolute Gasteiger partial charge is 0.402 e. The molecule has 0 fully saturated rings. The molecule has 0 saturated carbocycles. The summed E-state index contributed by atoms with van der Waals surface area (Å²) in [6, 6.07) is 0. The monoisotopic (exact) mass is 380 g/mol. The molecule has 3 N–H and O–H groups in total. The van der Waals surface area contributed by atoms with Crippen molar-refractivity contribution in [2.24, 2.45) is 0 Å². The van der Waals surface area contributed by atoms with Gasteiger partial charge in [-0.1, -0.05) is 0 Å². The zero-order valence-electron chi connectivity index (χ0n) is 8.50. The van der Waals surface area contributed by atoms with Crippen LogP contribution in [0.25, 0.3) is 0 Å². The van der Waals surface area contributed by atoms with Crippen molar-refractivity contribution in [3.05, 3.63) is 0 Å². The molecule has 7 atom stereocenters. The predicted molar refractivity (Wildman–Crippen MR) is 100 cm³/mol. The molecule has 0 aliphatic carbocycles. The van der Waals surface area contributed by atoms with Crippen molar-refractivity contribution in [2.45, 2.75) is 0 Å². The third-order valence-electron chi connectivity index (χ3n) is 0. The molecule has 15 heavy (non-hydrogen) atoms. The molecule has 0 radical (unpaired) electrons. The lowest BCUT2D eigenvalue weighted by Crippen LogP contribution is -2.07. The molecule has 0 amide bonds. The van der Waals surface area contributed by atoms with Gasteiger partial charge in [-0.15, -0.1) is 0 Å². The highest BCUT2D eigenvalue weighted by Crippen LogP contribution is 1.40. The predicted octanol–water partition coefficient (Wildman–Crippen LogP) is -1.04. The molecule has 0 rings (SSSR count). The molecule has 7 unspecified atom stereocenters. The normalized spacial score (nSPS) is 1.80. The topological polar surface area (TPSA) is 60.7 Å². The van der Waals surface area contributed by atoms with Crippen LogP contribution >= 0.6 is 69.3 Å². The van der Waals surface area contributed by atoms with E-state index in [2.05, 4.69) is 0 Å². The second-order valence-corrected chi connectivity index (χ2v) is 0.346. The van der Waals surface area contributed by atoms with Gasteiger partial charge in [-0.3, -0.25) is 18.8 Å². The van der Waals surface area contributed by atoms with Gasteiger partial charge in [0.1, 0.15) is 0 Å². The van der Waals surface area contributed by atoms with Gasteiger partial charge in [0.05, 0.1) is 0 Å². The van der Waals surface area contributed by atoms with Crippen LogP contribution in [-0.4, -0.2) is 22.4 Å². The van der Waals surface area contributed by atoms with Gasteiger partial charge in [-0.25, -0.2) is 0 Å². The Hall–Kier alpha value is 2.67. The van der Waals surface area contributed by atoms with Gasteiger partial charge in [0.25, 0.3) is 0 Å². The summed E-state index contributed by atoms with van der Waals surface area (Å²) >= 11 is 0. The fourth-order valence-electron chi connectivity index (χ4n) is 0. The molecule has 0 aliphatic rings. The Morgan fingerprint density at radius 2 is 0.400 bits per heavy atom. The average Bonchev–Trinajstić information content (AvgIpc) is 0.811. The lowest BCUT2D eigenvalue weighted by atomic mass is 10.3. The molecule has 112 valence electrons. The highest BCUT2D eigenvalue weighted by molar-refractivity contribution is 6.93. The Morgan fingerprint density at radius 3 is 0.400 bits per heavy atom. The van der Waals surface area contributed by atoms with Gasteiger partial charge in [-0.05, 0) is 0 Å². The maximum Gasteiger partial charge on any atom is 0.631 e. The van der Waals surface area contributed by atoms with Crippen molar-refractivity contribution in [3.8, 4) is 0 Å². The van der Waals surface area contributed by atoms with Crippen molar-refractivity contribution in [2.75, 3.05) is 0 Å². The SMILES string of the molecule is F.F.F.F.OB(O)O.P.P.P.P.P.P.P. The number of hydrogen-bond donors (Lipinski definition) is 3. The van der Waals surface area contributed by atoms with E-state index in [0.717, 1.165) is 0 Å². The minimum absolute atomic E-state index is 0. The summed E-state index contributed by atoms with van der Waals surface area (Å²) in [6.45, 7) is 0. The summed E-state index contributed by atoms with van der Waals surface area (Å²) in [6.07, 6.45) is 0. The minimum atomic E-state index is -2.17. The van der Waals surface area contributed by atoms with Gasteiger partial charge in [-0.2, -0.15) is 69.3 Å². The van der Waals surface area contributed by atoms with E-state index in [0.29, 0.717) is 0 Å². The van der Waals surface area contributed by atoms with Crippen LogP contribution in [0.1, 0.15) is 0 Å². The highest BCUT2D eigenvalue weighted by atomic mass is 31.0. The fraction of sp³-hybridized carbons (Fsp3) is 0. The van der Waals surface area contributed by atoms with Crippen LogP contribution in [0.15, 0.2) is 0 Å². The molecule has 0 spiro atoms. The number of halogens is 4. The van der Waals surface area contributed by atoms with Gasteiger partial charge < -0.3 is 15.1 Å². The van der Waals surface area contributed by atoms with Crippen molar-refractivity contribution in [3.63, 3.8) is 0 Å². The van der Waals surface area contributed by atoms with Crippen molar-refractivity contribution in [1.82, 2.24) is 0 Å². The van der Waals surface area contributed by atoms with Crippen molar-refractivity contribution in [1.29, 1.82) is 0 Å². The van der Waals surface area contributed by atoms with E-state index in [1.807, 2.05) is 0 Å². The van der Waals surface area contributed by atoms with E-state index in [1.165, 1.54) is 0 Å². The van der Waals surface area contributed by atoms with Crippen LogP contribution < -0.4 is 0 Å². The molecule has 0 heterocycles. The van der Waals surface area contributed by atoms with Crippen molar-refractivity contribution >= 4 is 76.6 Å². The Balaban J connectivity index is -0.000000000818. The number of rotatable bonds is 0. The van der Waals surface area contributed by atoms with E-state index in [-0.39, 0.29) is 88.1 Å². The fourth-order valence-corrected chi connectivity index (χ4v) is 0. The molecule has 0 bridgehead atoms. The molecule has 3 nitrogen and oxygen atoms in total. The number of hydrogen-bond acceptors (Lipinski definition) is 3.